The molecule has 0 aliphatic heterocycles. The first-order valence-corrected chi connectivity index (χ1v) is 6.43. The molecule has 1 aliphatic rings. The number of nitro groups is 1. The van der Waals surface area contributed by atoms with Gasteiger partial charge < -0.3 is 5.11 Å². The number of hydrogen-bond acceptors (Lipinski definition) is 4. The van der Waals surface area contributed by atoms with E-state index in [1.54, 1.807) is 12.3 Å². The summed E-state index contributed by atoms with van der Waals surface area (Å²) < 4.78 is 0. The predicted octanol–water partition coefficient (Wildman–Crippen LogP) is 2.47. The maximum atomic E-state index is 10.8. The molecule has 1 aromatic heterocycles. The molecule has 98 valence electrons. The first-order valence-electron chi connectivity index (χ1n) is 6.43. The van der Waals surface area contributed by atoms with Gasteiger partial charge in [0.15, 0.2) is 0 Å². The molecule has 0 atom stereocenters. The van der Waals surface area contributed by atoms with Crippen LogP contribution in [0.4, 0.5) is 5.69 Å². The van der Waals surface area contributed by atoms with Crippen LogP contribution in [0.15, 0.2) is 18.3 Å². The van der Waals surface area contributed by atoms with Gasteiger partial charge in [-0.15, -0.1) is 0 Å². The fraction of sp³-hybridized carbons (Fsp3) is 0.615. The van der Waals surface area contributed by atoms with Crippen molar-refractivity contribution in [3.63, 3.8) is 0 Å². The van der Waals surface area contributed by atoms with Gasteiger partial charge in [-0.3, -0.25) is 15.1 Å². The molecule has 1 saturated carbocycles. The Morgan fingerprint density at radius 2 is 2.11 bits per heavy atom. The van der Waals surface area contributed by atoms with Crippen LogP contribution in [-0.4, -0.2) is 21.1 Å². The molecular weight excluding hydrogens is 232 g/mol. The van der Waals surface area contributed by atoms with E-state index in [1.165, 1.54) is 6.07 Å². The summed E-state index contributed by atoms with van der Waals surface area (Å²) in [5, 5.41) is 20.3. The highest BCUT2D eigenvalue weighted by Gasteiger charge is 2.21. The van der Waals surface area contributed by atoms with E-state index in [4.69, 9.17) is 0 Å². The van der Waals surface area contributed by atoms with Gasteiger partial charge in [0.1, 0.15) is 5.69 Å². The minimum Gasteiger partial charge on any atom is -0.393 e. The SMILES string of the molecule is O=[N+]([O-])c1cccnc1CC[C@H]1CC[C@H](O)CC1. The van der Waals surface area contributed by atoms with Crippen LogP contribution in [0.3, 0.4) is 0 Å². The minimum atomic E-state index is -0.368. The van der Waals surface area contributed by atoms with E-state index in [-0.39, 0.29) is 16.7 Å². The maximum Gasteiger partial charge on any atom is 0.290 e. The third kappa shape index (κ3) is 3.26. The minimum absolute atomic E-state index is 0.119. The van der Waals surface area contributed by atoms with Gasteiger partial charge in [0, 0.05) is 12.3 Å². The van der Waals surface area contributed by atoms with Crippen molar-refractivity contribution in [2.45, 2.75) is 44.6 Å². The molecule has 1 heterocycles. The molecule has 1 N–H and O–H groups in total. The van der Waals surface area contributed by atoms with Gasteiger partial charge in [0.25, 0.3) is 5.69 Å². The molecule has 1 aliphatic carbocycles. The standard InChI is InChI=1S/C13H18N2O3/c16-11-6-3-10(4-7-11)5-8-12-13(15(17)18)2-1-9-14-12/h1-2,9-11,16H,3-8H2/t10-,11-. The first-order chi connectivity index (χ1) is 8.66. The van der Waals surface area contributed by atoms with Crippen molar-refractivity contribution in [2.24, 2.45) is 5.92 Å². The summed E-state index contributed by atoms with van der Waals surface area (Å²) in [6, 6.07) is 3.10. The summed E-state index contributed by atoms with van der Waals surface area (Å²) in [6.07, 6.45) is 6.77. The Kier molecular flexibility index (Phi) is 4.25. The number of hydrogen-bond donors (Lipinski definition) is 1. The van der Waals surface area contributed by atoms with E-state index in [0.29, 0.717) is 18.0 Å². The average molecular weight is 250 g/mol. The molecular formula is C13H18N2O3. The van der Waals surface area contributed by atoms with Crippen LogP contribution < -0.4 is 0 Å². The molecule has 0 aromatic carbocycles. The molecule has 0 unspecified atom stereocenters. The van der Waals surface area contributed by atoms with E-state index >= 15 is 0 Å². The Labute approximate surface area is 106 Å². The number of nitrogens with zero attached hydrogens (tertiary/aromatic N) is 2. The fourth-order valence-corrected chi connectivity index (χ4v) is 2.56. The van der Waals surface area contributed by atoms with E-state index in [1.807, 2.05) is 0 Å². The summed E-state index contributed by atoms with van der Waals surface area (Å²) in [6.45, 7) is 0. The van der Waals surface area contributed by atoms with Crippen LogP contribution in [-0.2, 0) is 6.42 Å². The van der Waals surface area contributed by atoms with Crippen LogP contribution in [0.5, 0.6) is 0 Å². The van der Waals surface area contributed by atoms with Crippen molar-refractivity contribution in [3.8, 4) is 0 Å². The fourth-order valence-electron chi connectivity index (χ4n) is 2.56. The Hall–Kier alpha value is -1.49. The summed E-state index contributed by atoms with van der Waals surface area (Å²) in [5.41, 5.74) is 0.696. The summed E-state index contributed by atoms with van der Waals surface area (Å²) >= 11 is 0. The number of aliphatic hydroxyl groups excluding tert-OH is 1. The molecule has 5 heteroatoms. The van der Waals surface area contributed by atoms with Crippen molar-refractivity contribution in [1.82, 2.24) is 4.98 Å². The van der Waals surface area contributed by atoms with Gasteiger partial charge in [-0.05, 0) is 50.5 Å². The van der Waals surface area contributed by atoms with Gasteiger partial charge in [-0.2, -0.15) is 0 Å². The number of aliphatic hydroxyl groups is 1. The molecule has 5 nitrogen and oxygen atoms in total. The van der Waals surface area contributed by atoms with Crippen molar-refractivity contribution >= 4 is 5.69 Å². The Morgan fingerprint density at radius 3 is 2.78 bits per heavy atom. The highest BCUT2D eigenvalue weighted by atomic mass is 16.6. The predicted molar refractivity (Wildman–Crippen MR) is 67.2 cm³/mol. The first kappa shape index (κ1) is 13.0. The van der Waals surface area contributed by atoms with Crippen LogP contribution >= 0.6 is 0 Å². The quantitative estimate of drug-likeness (QED) is 0.658. The van der Waals surface area contributed by atoms with Gasteiger partial charge in [-0.25, -0.2) is 0 Å². The van der Waals surface area contributed by atoms with E-state index in [2.05, 4.69) is 4.98 Å². The second-order valence-corrected chi connectivity index (χ2v) is 4.94. The van der Waals surface area contributed by atoms with Gasteiger partial charge in [0.05, 0.1) is 11.0 Å². The Bertz CT molecular complexity index is 414. The lowest BCUT2D eigenvalue weighted by molar-refractivity contribution is -0.385. The lowest BCUT2D eigenvalue weighted by Crippen LogP contribution is -2.18. The molecule has 0 bridgehead atoms. The van der Waals surface area contributed by atoms with Gasteiger partial charge in [-0.1, -0.05) is 0 Å². The zero-order valence-electron chi connectivity index (χ0n) is 10.3. The van der Waals surface area contributed by atoms with Crippen LogP contribution in [0.2, 0.25) is 0 Å². The van der Waals surface area contributed by atoms with Gasteiger partial charge in [0.2, 0.25) is 0 Å². The number of aromatic nitrogens is 1. The second-order valence-electron chi connectivity index (χ2n) is 4.94. The highest BCUT2D eigenvalue weighted by molar-refractivity contribution is 5.34. The lowest BCUT2D eigenvalue weighted by Gasteiger charge is -2.25. The zero-order chi connectivity index (χ0) is 13.0. The molecule has 0 radical (unpaired) electrons. The van der Waals surface area contributed by atoms with Gasteiger partial charge >= 0.3 is 0 Å². The third-order valence-electron chi connectivity index (χ3n) is 3.67. The Balaban J connectivity index is 1.92. The van der Waals surface area contributed by atoms with Crippen molar-refractivity contribution in [2.75, 3.05) is 0 Å². The van der Waals surface area contributed by atoms with Crippen molar-refractivity contribution in [1.29, 1.82) is 0 Å². The van der Waals surface area contributed by atoms with E-state index < -0.39 is 0 Å². The topological polar surface area (TPSA) is 76.3 Å². The number of pyridine rings is 1. The molecule has 1 fully saturated rings. The van der Waals surface area contributed by atoms with E-state index in [0.717, 1.165) is 32.1 Å². The molecule has 0 spiro atoms. The van der Waals surface area contributed by atoms with Crippen molar-refractivity contribution in [3.05, 3.63) is 34.1 Å². The normalized spacial score (nSPS) is 23.8. The summed E-state index contributed by atoms with van der Waals surface area (Å²) in [5.74, 6) is 0.565. The molecule has 18 heavy (non-hydrogen) atoms. The smallest absolute Gasteiger partial charge is 0.290 e. The van der Waals surface area contributed by atoms with Crippen molar-refractivity contribution < 1.29 is 10.0 Å². The lowest BCUT2D eigenvalue weighted by atomic mass is 9.84. The van der Waals surface area contributed by atoms with Crippen LogP contribution in [0, 0.1) is 16.0 Å². The Morgan fingerprint density at radius 1 is 1.39 bits per heavy atom. The molecule has 0 saturated heterocycles. The maximum absolute atomic E-state index is 10.8. The third-order valence-corrected chi connectivity index (χ3v) is 3.67. The summed E-state index contributed by atoms with van der Waals surface area (Å²) in [4.78, 5) is 14.6. The second kappa shape index (κ2) is 5.91. The zero-order valence-corrected chi connectivity index (χ0v) is 10.3. The number of rotatable bonds is 4. The van der Waals surface area contributed by atoms with E-state index in [9.17, 15) is 15.2 Å². The van der Waals surface area contributed by atoms with Crippen LogP contribution in [0.1, 0.15) is 37.8 Å². The summed E-state index contributed by atoms with van der Waals surface area (Å²) in [7, 11) is 0. The molecule has 1 aromatic rings. The average Bonchev–Trinajstić information content (AvgIpc) is 2.38. The molecule has 0 amide bonds. The molecule has 2 rings (SSSR count). The highest BCUT2D eigenvalue weighted by Crippen LogP contribution is 2.28. The monoisotopic (exact) mass is 250 g/mol. The van der Waals surface area contributed by atoms with Crippen LogP contribution in [0.25, 0.3) is 0 Å². The largest absolute Gasteiger partial charge is 0.393 e. The number of aryl methyl sites for hydroxylation is 1.